The molecule has 6 nitrogen and oxygen atoms in total. The number of amides is 2. The van der Waals surface area contributed by atoms with Crippen LogP contribution in [0.3, 0.4) is 0 Å². The predicted octanol–water partition coefficient (Wildman–Crippen LogP) is 1.01. The van der Waals surface area contributed by atoms with E-state index in [4.69, 9.17) is 10.5 Å². The van der Waals surface area contributed by atoms with Gasteiger partial charge in [-0.1, -0.05) is 0 Å². The van der Waals surface area contributed by atoms with Crippen LogP contribution >= 0.6 is 0 Å². The van der Waals surface area contributed by atoms with E-state index in [1.165, 1.54) is 24.3 Å². The SMILES string of the molecule is NC[C@H]1CC[C@@H](C(=O)N2CCCN(C(=O)c3ccc(F)cc3)CC2)O1. The van der Waals surface area contributed by atoms with Crippen molar-refractivity contribution in [3.63, 3.8) is 0 Å². The highest BCUT2D eigenvalue weighted by molar-refractivity contribution is 5.94. The molecule has 2 aliphatic heterocycles. The molecule has 136 valence electrons. The lowest BCUT2D eigenvalue weighted by Gasteiger charge is -2.24. The Morgan fingerprint density at radius 3 is 2.44 bits per heavy atom. The number of benzene rings is 1. The maximum atomic E-state index is 13.0. The maximum absolute atomic E-state index is 13.0. The van der Waals surface area contributed by atoms with Gasteiger partial charge in [-0.3, -0.25) is 9.59 Å². The molecule has 2 amide bonds. The number of nitrogens with two attached hydrogens (primary N) is 1. The van der Waals surface area contributed by atoms with Gasteiger partial charge in [0.05, 0.1) is 6.10 Å². The van der Waals surface area contributed by atoms with Gasteiger partial charge in [0.1, 0.15) is 11.9 Å². The average molecular weight is 349 g/mol. The molecule has 25 heavy (non-hydrogen) atoms. The standard InChI is InChI=1S/C18H24FN3O3/c19-14-4-2-13(3-5-14)17(23)21-8-1-9-22(11-10-21)18(24)16-7-6-15(12-20)25-16/h2-5,15-16H,1,6-12,20H2/t15-,16+/m1/s1. The summed E-state index contributed by atoms with van der Waals surface area (Å²) in [5, 5.41) is 0. The van der Waals surface area contributed by atoms with Crippen LogP contribution in [0, 0.1) is 5.82 Å². The molecule has 2 heterocycles. The fourth-order valence-electron chi connectivity index (χ4n) is 3.38. The molecular weight excluding hydrogens is 325 g/mol. The number of carbonyl (C=O) groups is 2. The monoisotopic (exact) mass is 349 g/mol. The van der Waals surface area contributed by atoms with Crippen molar-refractivity contribution in [2.75, 3.05) is 32.7 Å². The quantitative estimate of drug-likeness (QED) is 0.884. The van der Waals surface area contributed by atoms with Gasteiger partial charge >= 0.3 is 0 Å². The molecule has 7 heteroatoms. The molecule has 3 rings (SSSR count). The average Bonchev–Trinajstić information content (AvgIpc) is 2.98. The summed E-state index contributed by atoms with van der Waals surface area (Å²) in [6.45, 7) is 2.58. The number of rotatable bonds is 3. The highest BCUT2D eigenvalue weighted by Crippen LogP contribution is 2.21. The lowest BCUT2D eigenvalue weighted by molar-refractivity contribution is -0.142. The molecule has 2 fully saturated rings. The second-order valence-corrected chi connectivity index (χ2v) is 6.54. The number of carbonyl (C=O) groups excluding carboxylic acids is 2. The Balaban J connectivity index is 1.57. The van der Waals surface area contributed by atoms with Crippen molar-refractivity contribution in [1.29, 1.82) is 0 Å². The third-order valence-electron chi connectivity index (χ3n) is 4.83. The number of halogens is 1. The summed E-state index contributed by atoms with van der Waals surface area (Å²) < 4.78 is 18.7. The van der Waals surface area contributed by atoms with Crippen molar-refractivity contribution < 1.29 is 18.7 Å². The van der Waals surface area contributed by atoms with Crippen LogP contribution in [0.1, 0.15) is 29.6 Å². The third-order valence-corrected chi connectivity index (χ3v) is 4.83. The van der Waals surface area contributed by atoms with Crippen molar-refractivity contribution in [1.82, 2.24) is 9.80 Å². The summed E-state index contributed by atoms with van der Waals surface area (Å²) in [6.07, 6.45) is 1.79. The Bertz CT molecular complexity index is 622. The minimum absolute atomic E-state index is 0.00738. The first kappa shape index (κ1) is 17.8. The molecule has 2 saturated heterocycles. The van der Waals surface area contributed by atoms with Crippen molar-refractivity contribution in [2.45, 2.75) is 31.5 Å². The van der Waals surface area contributed by atoms with Gasteiger partial charge in [0.25, 0.3) is 11.8 Å². The van der Waals surface area contributed by atoms with Crippen molar-refractivity contribution in [3.05, 3.63) is 35.6 Å². The highest BCUT2D eigenvalue weighted by Gasteiger charge is 2.33. The van der Waals surface area contributed by atoms with Crippen molar-refractivity contribution in [2.24, 2.45) is 5.73 Å². The van der Waals surface area contributed by atoms with Gasteiger partial charge in [-0.25, -0.2) is 4.39 Å². The summed E-state index contributed by atoms with van der Waals surface area (Å²) >= 11 is 0. The summed E-state index contributed by atoms with van der Waals surface area (Å²) in [5.74, 6) is -0.502. The lowest BCUT2D eigenvalue weighted by atomic mass is 10.2. The first-order valence-electron chi connectivity index (χ1n) is 8.77. The Labute approximate surface area is 146 Å². The number of nitrogens with zero attached hydrogens (tertiary/aromatic N) is 2. The maximum Gasteiger partial charge on any atom is 0.253 e. The molecule has 0 saturated carbocycles. The van der Waals surface area contributed by atoms with E-state index in [0.717, 1.165) is 6.42 Å². The Kier molecular flexibility index (Phi) is 5.65. The van der Waals surface area contributed by atoms with Gasteiger partial charge in [-0.15, -0.1) is 0 Å². The van der Waals surface area contributed by atoms with Crippen molar-refractivity contribution in [3.8, 4) is 0 Å². The molecule has 0 aromatic heterocycles. The van der Waals surface area contributed by atoms with Gasteiger partial charge in [0, 0.05) is 38.3 Å². The lowest BCUT2D eigenvalue weighted by Crippen LogP contribution is -2.42. The van der Waals surface area contributed by atoms with Crippen LogP contribution < -0.4 is 5.73 Å². The molecule has 2 atom stereocenters. The van der Waals surface area contributed by atoms with Crippen LogP contribution in [-0.2, 0) is 9.53 Å². The van der Waals surface area contributed by atoms with Gasteiger partial charge in [-0.05, 0) is 43.5 Å². The first-order valence-corrected chi connectivity index (χ1v) is 8.77. The van der Waals surface area contributed by atoms with Gasteiger partial charge < -0.3 is 20.3 Å². The van der Waals surface area contributed by atoms with Crippen LogP contribution in [0.4, 0.5) is 4.39 Å². The topological polar surface area (TPSA) is 75.9 Å². The molecule has 1 aromatic carbocycles. The minimum atomic E-state index is -0.409. The molecule has 0 aliphatic carbocycles. The molecule has 0 radical (unpaired) electrons. The van der Waals surface area contributed by atoms with Gasteiger partial charge in [-0.2, -0.15) is 0 Å². The fourth-order valence-corrected chi connectivity index (χ4v) is 3.38. The number of hydrogen-bond donors (Lipinski definition) is 1. The van der Waals surface area contributed by atoms with E-state index in [-0.39, 0.29) is 23.7 Å². The highest BCUT2D eigenvalue weighted by atomic mass is 19.1. The zero-order chi connectivity index (χ0) is 17.8. The molecule has 1 aromatic rings. The Morgan fingerprint density at radius 2 is 1.76 bits per heavy atom. The summed E-state index contributed by atoms with van der Waals surface area (Å²) in [4.78, 5) is 28.7. The molecule has 0 spiro atoms. The van der Waals surface area contributed by atoms with Crippen molar-refractivity contribution >= 4 is 11.8 Å². The van der Waals surface area contributed by atoms with E-state index in [1.54, 1.807) is 9.80 Å². The van der Waals surface area contributed by atoms with Crippen LogP contribution in [0.2, 0.25) is 0 Å². The molecule has 0 unspecified atom stereocenters. The van der Waals surface area contributed by atoms with Gasteiger partial charge in [0.2, 0.25) is 0 Å². The molecule has 0 bridgehead atoms. The molecular formula is C18H24FN3O3. The molecule has 2 aliphatic rings. The van der Waals surface area contributed by atoms with E-state index >= 15 is 0 Å². The Hall–Kier alpha value is -1.99. The van der Waals surface area contributed by atoms with Gasteiger partial charge in [0.15, 0.2) is 0 Å². The zero-order valence-electron chi connectivity index (χ0n) is 14.2. The summed E-state index contributed by atoms with van der Waals surface area (Å²) in [7, 11) is 0. The largest absolute Gasteiger partial charge is 0.364 e. The van der Waals surface area contributed by atoms with Crippen LogP contribution in [0.15, 0.2) is 24.3 Å². The second kappa shape index (κ2) is 7.93. The minimum Gasteiger partial charge on any atom is -0.364 e. The normalized spacial score (nSPS) is 24.2. The number of ether oxygens (including phenoxy) is 1. The van der Waals surface area contributed by atoms with E-state index in [1.807, 2.05) is 0 Å². The Morgan fingerprint density at radius 1 is 1.08 bits per heavy atom. The zero-order valence-corrected chi connectivity index (χ0v) is 14.2. The number of hydrogen-bond acceptors (Lipinski definition) is 4. The second-order valence-electron chi connectivity index (χ2n) is 6.54. The van der Waals surface area contributed by atoms with Crippen LogP contribution in [0.5, 0.6) is 0 Å². The van der Waals surface area contributed by atoms with E-state index in [9.17, 15) is 14.0 Å². The van der Waals surface area contributed by atoms with E-state index in [2.05, 4.69) is 0 Å². The molecule has 2 N–H and O–H groups in total. The summed E-state index contributed by atoms with van der Waals surface area (Å²) in [6, 6.07) is 5.55. The fraction of sp³-hybridized carbons (Fsp3) is 0.556. The van der Waals surface area contributed by atoms with E-state index in [0.29, 0.717) is 51.1 Å². The predicted molar refractivity (Wildman–Crippen MR) is 90.4 cm³/mol. The van der Waals surface area contributed by atoms with Crippen LogP contribution in [0.25, 0.3) is 0 Å². The van der Waals surface area contributed by atoms with Crippen LogP contribution in [-0.4, -0.2) is 66.5 Å². The van der Waals surface area contributed by atoms with E-state index < -0.39 is 6.10 Å². The smallest absolute Gasteiger partial charge is 0.253 e. The first-order chi connectivity index (χ1) is 12.1. The third kappa shape index (κ3) is 4.16. The summed E-state index contributed by atoms with van der Waals surface area (Å²) in [5.41, 5.74) is 6.06.